The number of hydrogen-bond acceptors (Lipinski definition) is 6. The fourth-order valence-electron chi connectivity index (χ4n) is 4.40. The van der Waals surface area contributed by atoms with Gasteiger partial charge in [0, 0.05) is 32.5 Å². The third-order valence-electron chi connectivity index (χ3n) is 7.03. The van der Waals surface area contributed by atoms with Crippen molar-refractivity contribution in [1.82, 2.24) is 0 Å². The molecule has 0 saturated heterocycles. The Morgan fingerprint density at radius 3 is 1.39 bits per heavy atom. The van der Waals surface area contributed by atoms with Gasteiger partial charge in [0.25, 0.3) is 0 Å². The van der Waals surface area contributed by atoms with Gasteiger partial charge < -0.3 is 26.9 Å². The summed E-state index contributed by atoms with van der Waals surface area (Å²) >= 11 is 0. The van der Waals surface area contributed by atoms with Crippen LogP contribution in [-0.4, -0.2) is 71.2 Å². The first kappa shape index (κ1) is 33.4. The number of ether oxygens (including phenoxy) is 1. The summed E-state index contributed by atoms with van der Waals surface area (Å²) in [5, 5.41) is 0. The van der Waals surface area contributed by atoms with Crippen LogP contribution in [0.1, 0.15) is 68.7 Å². The van der Waals surface area contributed by atoms with Crippen LogP contribution in [0.2, 0.25) is 42.3 Å². The molecule has 0 aliphatic carbocycles. The minimum atomic E-state index is -2.61. The van der Waals surface area contributed by atoms with Gasteiger partial charge in [-0.05, 0) is 63.5 Å². The molecule has 0 aromatic carbocycles. The molecule has 9 heteroatoms. The lowest BCUT2D eigenvalue weighted by Gasteiger charge is -2.36. The Hall–Kier alpha value is 0.411. The van der Waals surface area contributed by atoms with E-state index < -0.39 is 25.4 Å². The molecule has 0 spiro atoms. The van der Waals surface area contributed by atoms with Crippen LogP contribution >= 0.6 is 0 Å². The predicted molar refractivity (Wildman–Crippen MR) is 146 cm³/mol. The SMILES string of the molecule is CCO[Si](CCCOCC(CO[Si](CC)(CC)CC)O[Si](CC)(CC)CC)(OCC)OCC. The third-order valence-corrected chi connectivity index (χ3v) is 19.5. The van der Waals surface area contributed by atoms with Crippen molar-refractivity contribution < 1.29 is 26.9 Å². The zero-order valence-electron chi connectivity index (χ0n) is 23.4. The van der Waals surface area contributed by atoms with E-state index in [9.17, 15) is 0 Å². The molecule has 0 bridgehead atoms. The van der Waals surface area contributed by atoms with Crippen molar-refractivity contribution in [2.24, 2.45) is 0 Å². The molecule has 1 unspecified atom stereocenters. The topological polar surface area (TPSA) is 55.4 Å². The van der Waals surface area contributed by atoms with E-state index in [1.807, 2.05) is 20.8 Å². The molecule has 0 N–H and O–H groups in total. The molecule has 0 saturated carbocycles. The van der Waals surface area contributed by atoms with Crippen LogP contribution < -0.4 is 0 Å². The Morgan fingerprint density at radius 2 is 1.00 bits per heavy atom. The highest BCUT2D eigenvalue weighted by Gasteiger charge is 2.40. The van der Waals surface area contributed by atoms with Gasteiger partial charge in [-0.3, -0.25) is 0 Å². The molecule has 33 heavy (non-hydrogen) atoms. The quantitative estimate of drug-likeness (QED) is 0.108. The summed E-state index contributed by atoms with van der Waals surface area (Å²) < 4.78 is 37.5. The van der Waals surface area contributed by atoms with Crippen LogP contribution in [0.25, 0.3) is 0 Å². The molecular formula is C24H56O6Si3. The van der Waals surface area contributed by atoms with Crippen molar-refractivity contribution in [2.75, 3.05) is 39.6 Å². The van der Waals surface area contributed by atoms with Crippen LogP contribution in [0.3, 0.4) is 0 Å². The van der Waals surface area contributed by atoms with Crippen molar-refractivity contribution >= 4 is 25.4 Å². The van der Waals surface area contributed by atoms with Gasteiger partial charge in [-0.15, -0.1) is 0 Å². The van der Waals surface area contributed by atoms with E-state index in [2.05, 4.69) is 41.5 Å². The van der Waals surface area contributed by atoms with Gasteiger partial charge in [0.2, 0.25) is 0 Å². The lowest BCUT2D eigenvalue weighted by atomic mass is 10.4. The van der Waals surface area contributed by atoms with Gasteiger partial charge in [0.1, 0.15) is 0 Å². The summed E-state index contributed by atoms with van der Waals surface area (Å²) in [4.78, 5) is 0. The number of rotatable bonds is 23. The predicted octanol–water partition coefficient (Wildman–Crippen LogP) is 6.85. The molecule has 200 valence electrons. The Bertz CT molecular complexity index is 428. The first-order valence-corrected chi connectivity index (χ1v) is 20.6. The average molecular weight is 525 g/mol. The molecule has 0 aromatic rings. The lowest BCUT2D eigenvalue weighted by Crippen LogP contribution is -2.46. The summed E-state index contributed by atoms with van der Waals surface area (Å²) in [7, 11) is -6.00. The minimum absolute atomic E-state index is 0.0146. The first-order valence-electron chi connectivity index (χ1n) is 13.6. The highest BCUT2D eigenvalue weighted by atomic mass is 28.4. The Labute approximate surface area is 209 Å². The molecule has 0 aromatic heterocycles. The minimum Gasteiger partial charge on any atom is -0.414 e. The van der Waals surface area contributed by atoms with Crippen LogP contribution in [0, 0.1) is 0 Å². The Kier molecular flexibility index (Phi) is 18.9. The van der Waals surface area contributed by atoms with E-state index >= 15 is 0 Å². The first-order chi connectivity index (χ1) is 15.8. The van der Waals surface area contributed by atoms with Gasteiger partial charge >= 0.3 is 8.80 Å². The molecule has 0 heterocycles. The van der Waals surface area contributed by atoms with Gasteiger partial charge in [0.05, 0.1) is 19.3 Å². The van der Waals surface area contributed by atoms with E-state index in [1.54, 1.807) is 0 Å². The summed E-state index contributed by atoms with van der Waals surface area (Å²) in [6.07, 6.45) is 0.871. The van der Waals surface area contributed by atoms with Gasteiger partial charge in [-0.2, -0.15) is 0 Å². The number of hydrogen-bond donors (Lipinski definition) is 0. The molecule has 0 aliphatic heterocycles. The maximum absolute atomic E-state index is 6.82. The largest absolute Gasteiger partial charge is 0.501 e. The highest BCUT2D eigenvalue weighted by Crippen LogP contribution is 2.26. The van der Waals surface area contributed by atoms with E-state index in [4.69, 9.17) is 26.9 Å². The Morgan fingerprint density at radius 1 is 0.545 bits per heavy atom. The molecule has 0 rings (SSSR count). The second-order valence-electron chi connectivity index (χ2n) is 8.70. The van der Waals surface area contributed by atoms with Crippen molar-refractivity contribution in [3.8, 4) is 0 Å². The standard InChI is InChI=1S/C24H56O6Si3/c1-10-26-33(27-11-2,28-12-3)21-19-20-25-22-24(30-32(16-7,17-8)18-9)23-29-31(13-4,14-5)15-6/h24H,10-23H2,1-9H3. The van der Waals surface area contributed by atoms with E-state index in [0.717, 1.165) is 48.7 Å². The molecule has 0 fully saturated rings. The van der Waals surface area contributed by atoms with Crippen LogP contribution in [0.5, 0.6) is 0 Å². The van der Waals surface area contributed by atoms with Crippen molar-refractivity contribution in [2.45, 2.75) is 117 Å². The molecule has 0 aliphatic rings. The van der Waals surface area contributed by atoms with E-state index in [-0.39, 0.29) is 6.10 Å². The smallest absolute Gasteiger partial charge is 0.414 e. The third kappa shape index (κ3) is 11.8. The summed E-state index contributed by atoms with van der Waals surface area (Å²) in [6.45, 7) is 23.4. The van der Waals surface area contributed by atoms with E-state index in [0.29, 0.717) is 39.6 Å². The molecular weight excluding hydrogens is 469 g/mol. The van der Waals surface area contributed by atoms with Crippen molar-refractivity contribution in [3.05, 3.63) is 0 Å². The lowest BCUT2D eigenvalue weighted by molar-refractivity contribution is 0.0152. The normalized spacial score (nSPS) is 14.1. The van der Waals surface area contributed by atoms with Crippen LogP contribution in [0.4, 0.5) is 0 Å². The maximum atomic E-state index is 6.82. The van der Waals surface area contributed by atoms with E-state index in [1.165, 1.54) is 0 Å². The fraction of sp³-hybridized carbons (Fsp3) is 1.00. The van der Waals surface area contributed by atoms with Gasteiger partial charge in [-0.25, -0.2) is 0 Å². The molecule has 0 amide bonds. The summed E-state index contributed by atoms with van der Waals surface area (Å²) in [5.74, 6) is 0. The second-order valence-corrected chi connectivity index (χ2v) is 20.9. The Balaban J connectivity index is 5.04. The molecule has 1 atom stereocenters. The fourth-order valence-corrected chi connectivity index (χ4v) is 12.5. The van der Waals surface area contributed by atoms with Gasteiger partial charge in [0.15, 0.2) is 16.6 Å². The zero-order valence-corrected chi connectivity index (χ0v) is 26.4. The van der Waals surface area contributed by atoms with Crippen LogP contribution in [-0.2, 0) is 26.9 Å². The maximum Gasteiger partial charge on any atom is 0.501 e. The monoisotopic (exact) mass is 524 g/mol. The molecule has 0 radical (unpaired) electrons. The second kappa shape index (κ2) is 18.6. The van der Waals surface area contributed by atoms with Crippen LogP contribution in [0.15, 0.2) is 0 Å². The highest BCUT2D eigenvalue weighted by molar-refractivity contribution is 6.74. The van der Waals surface area contributed by atoms with Gasteiger partial charge in [-0.1, -0.05) is 41.5 Å². The average Bonchev–Trinajstić information content (AvgIpc) is 2.83. The van der Waals surface area contributed by atoms with Crippen molar-refractivity contribution in [3.63, 3.8) is 0 Å². The zero-order chi connectivity index (χ0) is 25.2. The summed E-state index contributed by atoms with van der Waals surface area (Å²) in [5.41, 5.74) is 0. The molecule has 6 nitrogen and oxygen atoms in total. The van der Waals surface area contributed by atoms with Crippen molar-refractivity contribution in [1.29, 1.82) is 0 Å². The summed E-state index contributed by atoms with van der Waals surface area (Å²) in [6, 6.07) is 7.66.